The van der Waals surface area contributed by atoms with E-state index in [9.17, 15) is 15.0 Å². The summed E-state index contributed by atoms with van der Waals surface area (Å²) in [5.41, 5.74) is 9.30. The van der Waals surface area contributed by atoms with E-state index >= 15 is 0 Å². The van der Waals surface area contributed by atoms with Crippen LogP contribution in [0.15, 0.2) is 61.7 Å². The third kappa shape index (κ3) is 7.98. The SMILES string of the molecule is C=CC(=O)N1CCC(Nc2ncnc(NCCC(=O)N3CCC(n4nc(-c5cc(OC)cc(OC)c5)c5c(N)ncnc54)C3)c2C(=N)c2cc(OC)cc(OC)c2)C1. The summed E-state index contributed by atoms with van der Waals surface area (Å²) in [4.78, 5) is 47.4. The van der Waals surface area contributed by atoms with Crippen LogP contribution in [0.4, 0.5) is 17.5 Å². The Balaban J connectivity index is 1.09. The van der Waals surface area contributed by atoms with Gasteiger partial charge in [0.15, 0.2) is 5.65 Å². The number of carbonyl (C=O) groups excluding carboxylic acids is 2. The van der Waals surface area contributed by atoms with Gasteiger partial charge in [0, 0.05) is 68.4 Å². The number of anilines is 3. The van der Waals surface area contributed by atoms with Gasteiger partial charge in [0.2, 0.25) is 11.8 Å². The fourth-order valence-electron chi connectivity index (χ4n) is 7.37. The largest absolute Gasteiger partial charge is 0.497 e. The molecular formula is C40H46N12O6. The van der Waals surface area contributed by atoms with Crippen LogP contribution in [0.3, 0.4) is 0 Å². The van der Waals surface area contributed by atoms with E-state index in [1.807, 2.05) is 21.7 Å². The molecule has 18 nitrogen and oxygen atoms in total. The van der Waals surface area contributed by atoms with Crippen LogP contribution in [0, 0.1) is 5.41 Å². The van der Waals surface area contributed by atoms with E-state index in [1.165, 1.54) is 18.7 Å². The Labute approximate surface area is 334 Å². The van der Waals surface area contributed by atoms with Crippen LogP contribution in [0.25, 0.3) is 22.3 Å². The molecule has 5 N–H and O–H groups in total. The highest BCUT2D eigenvalue weighted by Crippen LogP contribution is 2.37. The van der Waals surface area contributed by atoms with Gasteiger partial charge in [-0.3, -0.25) is 15.0 Å². The molecule has 5 aromatic rings. The molecule has 2 atom stereocenters. The maximum absolute atomic E-state index is 13.7. The third-order valence-corrected chi connectivity index (χ3v) is 10.4. The molecule has 2 aliphatic heterocycles. The molecule has 5 heterocycles. The fourth-order valence-corrected chi connectivity index (χ4v) is 7.37. The molecule has 0 aliphatic carbocycles. The van der Waals surface area contributed by atoms with E-state index in [2.05, 4.69) is 37.1 Å². The van der Waals surface area contributed by atoms with E-state index in [-0.39, 0.29) is 42.6 Å². The van der Waals surface area contributed by atoms with Gasteiger partial charge >= 0.3 is 0 Å². The summed E-state index contributed by atoms with van der Waals surface area (Å²) in [5, 5.41) is 21.7. The number of aromatic nitrogens is 6. The molecule has 18 heteroatoms. The Morgan fingerprint density at radius 3 is 2.17 bits per heavy atom. The summed E-state index contributed by atoms with van der Waals surface area (Å²) >= 11 is 0. The summed E-state index contributed by atoms with van der Waals surface area (Å²) in [5.74, 6) is 3.10. The van der Waals surface area contributed by atoms with Gasteiger partial charge in [0.1, 0.15) is 58.8 Å². The number of methoxy groups -OCH3 is 4. The molecule has 0 radical (unpaired) electrons. The van der Waals surface area contributed by atoms with Gasteiger partial charge in [-0.25, -0.2) is 24.6 Å². The van der Waals surface area contributed by atoms with Gasteiger partial charge in [-0.1, -0.05) is 6.58 Å². The molecule has 7 rings (SSSR count). The second-order valence-electron chi connectivity index (χ2n) is 13.9. The summed E-state index contributed by atoms with van der Waals surface area (Å²) < 4.78 is 23.8. The minimum absolute atomic E-state index is 0.0575. The Hall–Kier alpha value is -6.98. The number of nitrogens with two attached hydrogens (primary N) is 1. The molecule has 2 aliphatic rings. The summed E-state index contributed by atoms with van der Waals surface area (Å²) in [6.45, 7) is 5.80. The van der Waals surface area contributed by atoms with Crippen molar-refractivity contribution < 1.29 is 28.5 Å². The van der Waals surface area contributed by atoms with Gasteiger partial charge in [-0.05, 0) is 43.2 Å². The number of nitrogen functional groups attached to an aromatic ring is 1. The number of nitrogens with one attached hydrogen (secondary N) is 3. The standard InChI is InChI=1S/C40H46N12O6/c1-6-31(53)50-11-8-25(19-50)48-39-33(35(41)23-13-27(55-2)17-28(14-23)56-3)38(45-22-46-39)43-10-7-32(54)51-12-9-26(20-51)52-40-34(37(42)44-21-47-40)36(49-52)24-15-29(57-4)18-30(16-24)58-5/h6,13-18,21-22,25-26,41H,1,7-12,19-20H2,2-5H3,(H2,42,44,47)(H2,43,45,46,48). The van der Waals surface area contributed by atoms with Crippen LogP contribution in [0.2, 0.25) is 0 Å². The van der Waals surface area contributed by atoms with Crippen LogP contribution < -0.4 is 35.3 Å². The zero-order valence-electron chi connectivity index (χ0n) is 32.8. The molecule has 0 bridgehead atoms. The molecular weight excluding hydrogens is 745 g/mol. The first-order valence-corrected chi connectivity index (χ1v) is 18.7. The zero-order valence-corrected chi connectivity index (χ0v) is 32.8. The van der Waals surface area contributed by atoms with Crippen molar-refractivity contribution in [2.45, 2.75) is 31.3 Å². The second-order valence-corrected chi connectivity index (χ2v) is 13.9. The predicted molar refractivity (Wildman–Crippen MR) is 218 cm³/mol. The Morgan fingerprint density at radius 1 is 0.862 bits per heavy atom. The van der Waals surface area contributed by atoms with Gasteiger partial charge in [0.05, 0.1) is 51.1 Å². The van der Waals surface area contributed by atoms with E-state index in [0.29, 0.717) is 107 Å². The van der Waals surface area contributed by atoms with E-state index in [4.69, 9.17) is 29.8 Å². The highest BCUT2D eigenvalue weighted by molar-refractivity contribution is 6.16. The number of amides is 2. The van der Waals surface area contributed by atoms with Gasteiger partial charge in [-0.15, -0.1) is 0 Å². The minimum Gasteiger partial charge on any atom is -0.497 e. The minimum atomic E-state index is -0.161. The third-order valence-electron chi connectivity index (χ3n) is 10.4. The smallest absolute Gasteiger partial charge is 0.246 e. The van der Waals surface area contributed by atoms with Gasteiger partial charge in [0.25, 0.3) is 0 Å². The van der Waals surface area contributed by atoms with Crippen molar-refractivity contribution in [3.8, 4) is 34.3 Å². The molecule has 2 amide bonds. The Bertz CT molecular complexity index is 2320. The Kier molecular flexibility index (Phi) is 11.5. The number of rotatable bonds is 15. The van der Waals surface area contributed by atoms with Crippen molar-refractivity contribution in [2.24, 2.45) is 0 Å². The number of fused-ring (bicyclic) bond motifs is 1. The molecule has 2 fully saturated rings. The molecule has 58 heavy (non-hydrogen) atoms. The first kappa shape index (κ1) is 39.3. The monoisotopic (exact) mass is 790 g/mol. The fraction of sp³-hybridized carbons (Fsp3) is 0.350. The van der Waals surface area contributed by atoms with Crippen LogP contribution >= 0.6 is 0 Å². The molecule has 3 aromatic heterocycles. The number of nitrogens with zero attached hydrogens (tertiary/aromatic N) is 8. The lowest BCUT2D eigenvalue weighted by Crippen LogP contribution is -2.31. The molecule has 0 spiro atoms. The first-order chi connectivity index (χ1) is 28.1. The number of carbonyl (C=O) groups is 2. The lowest BCUT2D eigenvalue weighted by atomic mass is 10.0. The second kappa shape index (κ2) is 17.0. The van der Waals surface area contributed by atoms with E-state index < -0.39 is 0 Å². The van der Waals surface area contributed by atoms with Crippen molar-refractivity contribution in [2.75, 3.05) is 77.5 Å². The average molecular weight is 791 g/mol. The summed E-state index contributed by atoms with van der Waals surface area (Å²) in [6, 6.07) is 10.4. The average Bonchev–Trinajstić information content (AvgIpc) is 4.03. The van der Waals surface area contributed by atoms with Crippen molar-refractivity contribution in [1.82, 2.24) is 39.5 Å². The highest BCUT2D eigenvalue weighted by atomic mass is 16.5. The molecule has 2 unspecified atom stereocenters. The Morgan fingerprint density at radius 2 is 1.50 bits per heavy atom. The van der Waals surface area contributed by atoms with Crippen molar-refractivity contribution in [3.63, 3.8) is 0 Å². The predicted octanol–water partition coefficient (Wildman–Crippen LogP) is 3.79. The number of hydrogen-bond acceptors (Lipinski definition) is 15. The quantitative estimate of drug-likeness (QED) is 0.0876. The van der Waals surface area contributed by atoms with Crippen LogP contribution in [-0.2, 0) is 9.59 Å². The van der Waals surface area contributed by atoms with Crippen molar-refractivity contribution in [1.29, 1.82) is 5.41 Å². The lowest BCUT2D eigenvalue weighted by Gasteiger charge is -2.21. The number of benzene rings is 2. The number of likely N-dealkylation sites (tertiary alicyclic amines) is 2. The zero-order chi connectivity index (χ0) is 40.9. The van der Waals surface area contributed by atoms with Crippen LogP contribution in [0.1, 0.15) is 36.4 Å². The number of hydrogen-bond donors (Lipinski definition) is 4. The van der Waals surface area contributed by atoms with Crippen LogP contribution in [0.5, 0.6) is 23.0 Å². The molecule has 2 aromatic carbocycles. The maximum atomic E-state index is 13.7. The van der Waals surface area contributed by atoms with Gasteiger partial charge < -0.3 is 45.1 Å². The first-order valence-electron chi connectivity index (χ1n) is 18.7. The van der Waals surface area contributed by atoms with Crippen molar-refractivity contribution >= 4 is 46.0 Å². The summed E-state index contributed by atoms with van der Waals surface area (Å²) in [7, 11) is 6.25. The normalized spacial score (nSPS) is 16.3. The lowest BCUT2D eigenvalue weighted by molar-refractivity contribution is -0.130. The highest BCUT2D eigenvalue weighted by Gasteiger charge is 2.32. The number of ether oxygens (including phenoxy) is 4. The maximum Gasteiger partial charge on any atom is 0.246 e. The van der Waals surface area contributed by atoms with Crippen LogP contribution in [-0.4, -0.2) is 124 Å². The van der Waals surface area contributed by atoms with Gasteiger partial charge in [-0.2, -0.15) is 5.10 Å². The van der Waals surface area contributed by atoms with Crippen molar-refractivity contribution in [3.05, 3.63) is 72.8 Å². The van der Waals surface area contributed by atoms with E-state index in [1.54, 1.807) is 57.6 Å². The summed E-state index contributed by atoms with van der Waals surface area (Å²) in [6.07, 6.45) is 5.62. The molecule has 2 saturated heterocycles. The topological polar surface area (TPSA) is 221 Å². The molecule has 302 valence electrons. The molecule has 0 saturated carbocycles. The van der Waals surface area contributed by atoms with E-state index in [0.717, 1.165) is 5.56 Å².